The smallest absolute Gasteiger partial charge is 0.136 e. The molecule has 5 heteroatoms. The Bertz CT molecular complexity index is 569. The van der Waals surface area contributed by atoms with Gasteiger partial charge in [0.25, 0.3) is 0 Å². The lowest BCUT2D eigenvalue weighted by atomic mass is 9.94. The fourth-order valence-corrected chi connectivity index (χ4v) is 3.14. The summed E-state index contributed by atoms with van der Waals surface area (Å²) in [6, 6.07) is 7.85. The minimum atomic E-state index is 0.0396. The van der Waals surface area contributed by atoms with Gasteiger partial charge in [-0.1, -0.05) is 6.07 Å². The highest BCUT2D eigenvalue weighted by atomic mass is 16.5. The largest absolute Gasteiger partial charge is 0.495 e. The lowest BCUT2D eigenvalue weighted by Crippen LogP contribution is -2.65. The standard InChI is InChI=1S/C16H21N3O2/c1-16-10-18-5-6-19(16)9-15(21-11-16)12-3-4-13(8-17)14(7-12)20-2/h3-4,7,15,18H,5-6,9-11H2,1-2H3/t15?,16-/m1/s1. The van der Waals surface area contributed by atoms with Gasteiger partial charge in [0, 0.05) is 26.2 Å². The Hall–Kier alpha value is -1.61. The van der Waals surface area contributed by atoms with Crippen molar-refractivity contribution in [3.63, 3.8) is 0 Å². The van der Waals surface area contributed by atoms with Crippen molar-refractivity contribution in [2.24, 2.45) is 0 Å². The molecule has 0 aliphatic carbocycles. The van der Waals surface area contributed by atoms with Gasteiger partial charge in [0.05, 0.1) is 30.9 Å². The molecule has 3 rings (SSSR count). The summed E-state index contributed by atoms with van der Waals surface area (Å²) in [6.45, 7) is 6.88. The van der Waals surface area contributed by atoms with Gasteiger partial charge >= 0.3 is 0 Å². The average Bonchev–Trinajstić information content (AvgIpc) is 2.53. The van der Waals surface area contributed by atoms with E-state index in [-0.39, 0.29) is 11.6 Å². The fourth-order valence-electron chi connectivity index (χ4n) is 3.14. The van der Waals surface area contributed by atoms with E-state index in [1.54, 1.807) is 7.11 Å². The maximum atomic E-state index is 9.06. The first-order valence-electron chi connectivity index (χ1n) is 7.32. The lowest BCUT2D eigenvalue weighted by molar-refractivity contribution is -0.115. The quantitative estimate of drug-likeness (QED) is 0.888. The molecule has 5 nitrogen and oxygen atoms in total. The van der Waals surface area contributed by atoms with E-state index in [4.69, 9.17) is 14.7 Å². The molecule has 112 valence electrons. The van der Waals surface area contributed by atoms with E-state index in [9.17, 15) is 0 Å². The topological polar surface area (TPSA) is 57.5 Å². The third-order valence-corrected chi connectivity index (χ3v) is 4.53. The number of hydrogen-bond donors (Lipinski definition) is 1. The van der Waals surface area contributed by atoms with Crippen molar-refractivity contribution in [1.82, 2.24) is 10.2 Å². The van der Waals surface area contributed by atoms with Crippen LogP contribution < -0.4 is 10.1 Å². The number of nitrogens with zero attached hydrogens (tertiary/aromatic N) is 2. The number of piperazine rings is 1. The van der Waals surface area contributed by atoms with Crippen molar-refractivity contribution in [2.45, 2.75) is 18.6 Å². The van der Waals surface area contributed by atoms with Crippen molar-refractivity contribution < 1.29 is 9.47 Å². The van der Waals surface area contributed by atoms with E-state index in [0.29, 0.717) is 17.9 Å². The van der Waals surface area contributed by atoms with Crippen LogP contribution in [-0.2, 0) is 4.74 Å². The molecule has 2 aliphatic heterocycles. The maximum absolute atomic E-state index is 9.06. The molecule has 2 heterocycles. The van der Waals surface area contributed by atoms with Crippen LogP contribution in [0.3, 0.4) is 0 Å². The van der Waals surface area contributed by atoms with E-state index in [1.807, 2.05) is 18.2 Å². The number of nitrogens with one attached hydrogen (secondary N) is 1. The number of benzene rings is 1. The van der Waals surface area contributed by atoms with Crippen LogP contribution in [0, 0.1) is 11.3 Å². The van der Waals surface area contributed by atoms with Crippen molar-refractivity contribution in [3.05, 3.63) is 29.3 Å². The lowest BCUT2D eigenvalue weighted by Gasteiger charge is -2.50. The van der Waals surface area contributed by atoms with Crippen LogP contribution in [-0.4, -0.2) is 50.3 Å². The first-order chi connectivity index (χ1) is 10.2. The molecule has 2 fully saturated rings. The first kappa shape index (κ1) is 14.3. The third-order valence-electron chi connectivity index (χ3n) is 4.53. The van der Waals surface area contributed by atoms with Crippen molar-refractivity contribution >= 4 is 0 Å². The zero-order valence-corrected chi connectivity index (χ0v) is 12.6. The third kappa shape index (κ3) is 2.62. The van der Waals surface area contributed by atoms with Gasteiger partial charge in [-0.3, -0.25) is 4.90 Å². The van der Waals surface area contributed by atoms with E-state index in [1.165, 1.54) is 0 Å². The zero-order chi connectivity index (χ0) is 14.9. The molecule has 0 amide bonds. The molecule has 0 saturated carbocycles. The van der Waals surface area contributed by atoms with Gasteiger partial charge in [0.15, 0.2) is 0 Å². The molecule has 0 spiro atoms. The summed E-state index contributed by atoms with van der Waals surface area (Å²) in [6.07, 6.45) is 0.0396. The Morgan fingerprint density at radius 1 is 1.52 bits per heavy atom. The van der Waals surface area contributed by atoms with Crippen molar-refractivity contribution in [3.8, 4) is 11.8 Å². The molecule has 2 atom stereocenters. The van der Waals surface area contributed by atoms with Crippen molar-refractivity contribution in [1.29, 1.82) is 5.26 Å². The van der Waals surface area contributed by atoms with Crippen LogP contribution in [0.5, 0.6) is 5.75 Å². The van der Waals surface area contributed by atoms with Crippen LogP contribution in [0.15, 0.2) is 18.2 Å². The van der Waals surface area contributed by atoms with Gasteiger partial charge in [-0.05, 0) is 24.6 Å². The van der Waals surface area contributed by atoms with E-state index >= 15 is 0 Å². The van der Waals surface area contributed by atoms with Gasteiger partial charge in [-0.25, -0.2) is 0 Å². The predicted molar refractivity (Wildman–Crippen MR) is 79.2 cm³/mol. The highest BCUT2D eigenvalue weighted by Crippen LogP contribution is 2.33. The SMILES string of the molecule is COc1cc(C2CN3CCNC[C@]3(C)CO2)ccc1C#N. The summed E-state index contributed by atoms with van der Waals surface area (Å²) < 4.78 is 11.4. The molecule has 1 N–H and O–H groups in total. The minimum Gasteiger partial charge on any atom is -0.495 e. The average molecular weight is 287 g/mol. The summed E-state index contributed by atoms with van der Waals surface area (Å²) in [5.74, 6) is 0.618. The molecule has 1 unspecified atom stereocenters. The molecular formula is C16H21N3O2. The number of morpholine rings is 1. The van der Waals surface area contributed by atoms with Crippen LogP contribution >= 0.6 is 0 Å². The Kier molecular flexibility index (Phi) is 3.85. The summed E-state index contributed by atoms with van der Waals surface area (Å²) in [7, 11) is 1.59. The highest BCUT2D eigenvalue weighted by Gasteiger charge is 2.40. The van der Waals surface area contributed by atoms with Gasteiger partial charge in [0.2, 0.25) is 0 Å². The number of methoxy groups -OCH3 is 1. The van der Waals surface area contributed by atoms with E-state index in [2.05, 4.69) is 23.2 Å². The zero-order valence-electron chi connectivity index (χ0n) is 12.6. The predicted octanol–water partition coefficient (Wildman–Crippen LogP) is 1.30. The minimum absolute atomic E-state index is 0.0396. The summed E-state index contributed by atoms with van der Waals surface area (Å²) >= 11 is 0. The normalized spacial score (nSPS) is 29.5. The van der Waals surface area contributed by atoms with Crippen LogP contribution in [0.25, 0.3) is 0 Å². The Morgan fingerprint density at radius 2 is 2.38 bits per heavy atom. The molecular weight excluding hydrogens is 266 g/mol. The number of rotatable bonds is 2. The monoisotopic (exact) mass is 287 g/mol. The molecule has 0 bridgehead atoms. The van der Waals surface area contributed by atoms with Gasteiger partial charge in [0.1, 0.15) is 11.8 Å². The summed E-state index contributed by atoms with van der Waals surface area (Å²) in [4.78, 5) is 2.50. The molecule has 0 radical (unpaired) electrons. The van der Waals surface area contributed by atoms with Crippen molar-refractivity contribution in [2.75, 3.05) is 39.9 Å². The number of ether oxygens (including phenoxy) is 2. The molecule has 2 saturated heterocycles. The van der Waals surface area contributed by atoms with E-state index < -0.39 is 0 Å². The molecule has 21 heavy (non-hydrogen) atoms. The fraction of sp³-hybridized carbons (Fsp3) is 0.562. The second-order valence-corrected chi connectivity index (χ2v) is 5.99. The number of hydrogen-bond acceptors (Lipinski definition) is 5. The molecule has 2 aliphatic rings. The van der Waals surface area contributed by atoms with Gasteiger partial charge < -0.3 is 14.8 Å². The highest BCUT2D eigenvalue weighted by molar-refractivity contribution is 5.46. The maximum Gasteiger partial charge on any atom is 0.136 e. The van der Waals surface area contributed by atoms with Crippen LogP contribution in [0.2, 0.25) is 0 Å². The Balaban J connectivity index is 1.81. The second-order valence-electron chi connectivity index (χ2n) is 5.99. The number of fused-ring (bicyclic) bond motifs is 1. The van der Waals surface area contributed by atoms with E-state index in [0.717, 1.165) is 31.7 Å². The Labute approximate surface area is 125 Å². The summed E-state index contributed by atoms with van der Waals surface area (Å²) in [5.41, 5.74) is 1.72. The molecule has 1 aromatic carbocycles. The second kappa shape index (κ2) is 5.64. The van der Waals surface area contributed by atoms with Gasteiger partial charge in [-0.15, -0.1) is 0 Å². The van der Waals surface area contributed by atoms with Crippen LogP contribution in [0.4, 0.5) is 0 Å². The summed E-state index contributed by atoms with van der Waals surface area (Å²) in [5, 5.41) is 12.5. The molecule has 1 aromatic rings. The van der Waals surface area contributed by atoms with Crippen LogP contribution in [0.1, 0.15) is 24.2 Å². The molecule has 0 aromatic heterocycles. The first-order valence-corrected chi connectivity index (χ1v) is 7.32. The van der Waals surface area contributed by atoms with Gasteiger partial charge in [-0.2, -0.15) is 5.26 Å². The number of nitriles is 1. The Morgan fingerprint density at radius 3 is 3.14 bits per heavy atom.